The fourth-order valence-corrected chi connectivity index (χ4v) is 5.27. The molecule has 2 N–H and O–H groups in total. The van der Waals surface area contributed by atoms with Crippen molar-refractivity contribution in [1.82, 2.24) is 10.2 Å². The Labute approximate surface area is 200 Å². The average Bonchev–Trinajstić information content (AvgIpc) is 3.43. The van der Waals surface area contributed by atoms with E-state index < -0.39 is 18.1 Å². The van der Waals surface area contributed by atoms with Gasteiger partial charge in [0.1, 0.15) is 12.6 Å². The van der Waals surface area contributed by atoms with Crippen molar-refractivity contribution in [2.24, 2.45) is 0 Å². The summed E-state index contributed by atoms with van der Waals surface area (Å²) < 4.78 is 5.60. The third kappa shape index (κ3) is 5.08. The molecule has 4 rings (SSSR count). The molecule has 2 aliphatic rings. The van der Waals surface area contributed by atoms with E-state index in [1.807, 2.05) is 36.4 Å². The Hall–Kier alpha value is -3.35. The first kappa shape index (κ1) is 23.8. The number of nitrogens with zero attached hydrogens (tertiary/aromatic N) is 1. The number of rotatable bonds is 9. The van der Waals surface area contributed by atoms with E-state index in [9.17, 15) is 14.4 Å². The van der Waals surface area contributed by atoms with Crippen LogP contribution in [0.5, 0.6) is 0 Å². The summed E-state index contributed by atoms with van der Waals surface area (Å²) in [5.41, 5.74) is 4.49. The summed E-state index contributed by atoms with van der Waals surface area (Å²) in [5, 5.41) is 11.8. The Bertz CT molecular complexity index is 1010. The first-order valence-electron chi connectivity index (χ1n) is 12.1. The zero-order valence-electron chi connectivity index (χ0n) is 19.5. The fourth-order valence-electron chi connectivity index (χ4n) is 5.27. The van der Waals surface area contributed by atoms with Gasteiger partial charge in [0.05, 0.1) is 0 Å². The topological polar surface area (TPSA) is 95.9 Å². The van der Waals surface area contributed by atoms with E-state index in [0.29, 0.717) is 6.54 Å². The summed E-state index contributed by atoms with van der Waals surface area (Å²) in [6.45, 7) is 2.86. The van der Waals surface area contributed by atoms with Gasteiger partial charge in [-0.2, -0.15) is 0 Å². The molecule has 7 nitrogen and oxygen atoms in total. The lowest BCUT2D eigenvalue weighted by atomic mass is 9.98. The van der Waals surface area contributed by atoms with Gasteiger partial charge in [-0.3, -0.25) is 9.59 Å². The van der Waals surface area contributed by atoms with E-state index in [0.717, 1.165) is 47.9 Å². The second-order valence-electron chi connectivity index (χ2n) is 9.07. The lowest BCUT2D eigenvalue weighted by Gasteiger charge is -2.29. The van der Waals surface area contributed by atoms with Gasteiger partial charge >= 0.3 is 12.1 Å². The van der Waals surface area contributed by atoms with Crippen LogP contribution in [0.3, 0.4) is 0 Å². The zero-order chi connectivity index (χ0) is 24.1. The van der Waals surface area contributed by atoms with Crippen LogP contribution in [-0.4, -0.2) is 53.2 Å². The standard InChI is InChI=1S/C27H32N2O5/c1-2-8-18-9-7-16-29(18)26(32)24(14-15-25(30)31)28-27(33)34-17-23-21-12-5-3-10-19(21)20-11-4-6-13-22(20)23/h3-6,10-13,18,23-24H,2,7-9,14-17H2,1H3,(H,28,33)(H,30,31). The smallest absolute Gasteiger partial charge is 0.407 e. The van der Waals surface area contributed by atoms with Crippen LogP contribution in [0, 0.1) is 0 Å². The van der Waals surface area contributed by atoms with Gasteiger partial charge in [0.15, 0.2) is 0 Å². The highest BCUT2D eigenvalue weighted by Gasteiger charge is 2.34. The van der Waals surface area contributed by atoms with Crippen molar-refractivity contribution in [3.63, 3.8) is 0 Å². The number of carbonyl (C=O) groups excluding carboxylic acids is 2. The van der Waals surface area contributed by atoms with Gasteiger partial charge in [0.25, 0.3) is 0 Å². The molecule has 1 saturated heterocycles. The van der Waals surface area contributed by atoms with Crippen LogP contribution in [0.4, 0.5) is 4.79 Å². The molecule has 1 fully saturated rings. The Kier molecular flexibility index (Phi) is 7.50. The van der Waals surface area contributed by atoms with Crippen LogP contribution in [0.15, 0.2) is 48.5 Å². The number of nitrogens with one attached hydrogen (secondary N) is 1. The Morgan fingerprint density at radius 1 is 1.09 bits per heavy atom. The zero-order valence-corrected chi connectivity index (χ0v) is 19.5. The highest BCUT2D eigenvalue weighted by Crippen LogP contribution is 2.44. The molecule has 34 heavy (non-hydrogen) atoms. The molecular formula is C27H32N2O5. The minimum atomic E-state index is -1.00. The molecule has 2 aromatic carbocycles. The van der Waals surface area contributed by atoms with Crippen LogP contribution >= 0.6 is 0 Å². The number of carbonyl (C=O) groups is 3. The van der Waals surface area contributed by atoms with E-state index >= 15 is 0 Å². The molecule has 2 amide bonds. The molecule has 2 aromatic rings. The molecule has 1 aliphatic carbocycles. The van der Waals surface area contributed by atoms with Crippen LogP contribution in [0.2, 0.25) is 0 Å². The SMILES string of the molecule is CCCC1CCCN1C(=O)C(CCC(=O)O)NC(=O)OCC1c2ccccc2-c2ccccc21. The van der Waals surface area contributed by atoms with Crippen LogP contribution in [0.1, 0.15) is 62.5 Å². The molecule has 7 heteroatoms. The van der Waals surface area contributed by atoms with Crippen molar-refractivity contribution in [1.29, 1.82) is 0 Å². The number of likely N-dealkylation sites (tertiary alicyclic amines) is 1. The molecule has 0 radical (unpaired) electrons. The quantitative estimate of drug-likeness (QED) is 0.568. The Morgan fingerprint density at radius 2 is 1.74 bits per heavy atom. The largest absolute Gasteiger partial charge is 0.481 e. The third-order valence-electron chi connectivity index (χ3n) is 6.86. The maximum Gasteiger partial charge on any atom is 0.407 e. The second-order valence-corrected chi connectivity index (χ2v) is 9.07. The predicted octanol–water partition coefficient (Wildman–Crippen LogP) is 4.55. The fraction of sp³-hybridized carbons (Fsp3) is 0.444. The maximum absolute atomic E-state index is 13.2. The Balaban J connectivity index is 1.43. The lowest BCUT2D eigenvalue weighted by Crippen LogP contribution is -2.50. The first-order valence-corrected chi connectivity index (χ1v) is 12.1. The van der Waals surface area contributed by atoms with Crippen molar-refractivity contribution >= 4 is 18.0 Å². The van der Waals surface area contributed by atoms with Gasteiger partial charge in [0.2, 0.25) is 5.91 Å². The highest BCUT2D eigenvalue weighted by atomic mass is 16.5. The summed E-state index contributed by atoms with van der Waals surface area (Å²) in [4.78, 5) is 39.0. The normalized spacial score (nSPS) is 17.7. The van der Waals surface area contributed by atoms with Crippen molar-refractivity contribution < 1.29 is 24.2 Å². The van der Waals surface area contributed by atoms with E-state index in [2.05, 4.69) is 24.4 Å². The summed E-state index contributed by atoms with van der Waals surface area (Å²) >= 11 is 0. The van der Waals surface area contributed by atoms with Crippen molar-refractivity contribution in [3.8, 4) is 11.1 Å². The third-order valence-corrected chi connectivity index (χ3v) is 6.86. The van der Waals surface area contributed by atoms with Crippen LogP contribution in [0.25, 0.3) is 11.1 Å². The van der Waals surface area contributed by atoms with Gasteiger partial charge in [-0.1, -0.05) is 61.9 Å². The molecule has 0 saturated carbocycles. The summed E-state index contributed by atoms with van der Waals surface area (Å²) in [6, 6.07) is 15.4. The number of hydrogen-bond acceptors (Lipinski definition) is 4. The lowest BCUT2D eigenvalue weighted by molar-refractivity contribution is -0.138. The maximum atomic E-state index is 13.2. The summed E-state index contributed by atoms with van der Waals surface area (Å²) in [6.07, 6.45) is 2.87. The van der Waals surface area contributed by atoms with Crippen LogP contribution < -0.4 is 5.32 Å². The van der Waals surface area contributed by atoms with E-state index in [1.54, 1.807) is 4.90 Å². The molecular weight excluding hydrogens is 432 g/mol. The molecule has 180 valence electrons. The number of amides is 2. The Morgan fingerprint density at radius 3 is 2.35 bits per heavy atom. The number of alkyl carbamates (subject to hydrolysis) is 1. The number of aliphatic carboxylic acids is 1. The molecule has 0 aromatic heterocycles. The minimum absolute atomic E-state index is 0.0354. The summed E-state index contributed by atoms with van der Waals surface area (Å²) in [7, 11) is 0. The van der Waals surface area contributed by atoms with Gasteiger partial charge < -0.3 is 20.1 Å². The van der Waals surface area contributed by atoms with Gasteiger partial charge in [-0.25, -0.2) is 4.79 Å². The molecule has 2 unspecified atom stereocenters. The van der Waals surface area contributed by atoms with E-state index in [1.165, 1.54) is 0 Å². The van der Waals surface area contributed by atoms with Crippen LogP contribution in [-0.2, 0) is 14.3 Å². The number of hydrogen-bond donors (Lipinski definition) is 2. The molecule has 0 spiro atoms. The number of carboxylic acids is 1. The molecule has 1 aliphatic heterocycles. The van der Waals surface area contributed by atoms with Gasteiger partial charge in [-0.15, -0.1) is 0 Å². The number of carboxylic acid groups (broad SMARTS) is 1. The molecule has 2 atom stereocenters. The summed E-state index contributed by atoms with van der Waals surface area (Å²) in [5.74, 6) is -1.30. The van der Waals surface area contributed by atoms with E-state index in [4.69, 9.17) is 9.84 Å². The molecule has 1 heterocycles. The number of fused-ring (bicyclic) bond motifs is 3. The number of benzene rings is 2. The monoisotopic (exact) mass is 464 g/mol. The van der Waals surface area contributed by atoms with Crippen molar-refractivity contribution in [2.45, 2.75) is 63.5 Å². The average molecular weight is 465 g/mol. The second kappa shape index (κ2) is 10.7. The van der Waals surface area contributed by atoms with Crippen molar-refractivity contribution in [3.05, 3.63) is 59.7 Å². The van der Waals surface area contributed by atoms with E-state index in [-0.39, 0.29) is 37.3 Å². The van der Waals surface area contributed by atoms with Gasteiger partial charge in [0, 0.05) is 24.9 Å². The van der Waals surface area contributed by atoms with Crippen molar-refractivity contribution in [2.75, 3.05) is 13.2 Å². The van der Waals surface area contributed by atoms with Gasteiger partial charge in [-0.05, 0) is 47.9 Å². The molecule has 0 bridgehead atoms. The highest BCUT2D eigenvalue weighted by molar-refractivity contribution is 5.87. The minimum Gasteiger partial charge on any atom is -0.481 e. The predicted molar refractivity (Wildman–Crippen MR) is 129 cm³/mol. The first-order chi connectivity index (χ1) is 16.5. The number of ether oxygens (including phenoxy) is 1.